The molecule has 2 rings (SSSR count). The minimum absolute atomic E-state index is 0.150. The monoisotopic (exact) mass is 270 g/mol. The molecule has 1 saturated carbocycles. The Morgan fingerprint density at radius 1 is 1.67 bits per heavy atom. The van der Waals surface area contributed by atoms with Crippen LogP contribution in [-0.4, -0.2) is 50.3 Å². The highest BCUT2D eigenvalue weighted by molar-refractivity contribution is 7.98. The van der Waals surface area contributed by atoms with Gasteiger partial charge >= 0.3 is 0 Å². The molecule has 7 heteroatoms. The number of nitrogens with one attached hydrogen (secondary N) is 2. The van der Waals surface area contributed by atoms with Gasteiger partial charge in [0.25, 0.3) is 5.91 Å². The Morgan fingerprint density at radius 3 is 3.00 bits per heavy atom. The number of nitrogens with zero attached hydrogens (tertiary/aromatic N) is 2. The van der Waals surface area contributed by atoms with Crippen LogP contribution in [-0.2, 0) is 0 Å². The molecule has 1 amide bonds. The van der Waals surface area contributed by atoms with Crippen LogP contribution in [0.2, 0.25) is 0 Å². The summed E-state index contributed by atoms with van der Waals surface area (Å²) in [6, 6.07) is 0. The van der Waals surface area contributed by atoms with Crippen LogP contribution in [0.25, 0.3) is 0 Å². The first-order valence-corrected chi connectivity index (χ1v) is 7.33. The molecule has 1 aromatic heterocycles. The molecule has 1 atom stereocenters. The number of aromatic nitrogens is 3. The van der Waals surface area contributed by atoms with Gasteiger partial charge in [0, 0.05) is 18.2 Å². The number of carbonyl (C=O) groups excluding carboxylic acids is 1. The van der Waals surface area contributed by atoms with Gasteiger partial charge in [-0.15, -0.1) is 5.10 Å². The van der Waals surface area contributed by atoms with Gasteiger partial charge in [-0.25, -0.2) is 4.98 Å². The maximum absolute atomic E-state index is 11.8. The minimum atomic E-state index is -0.912. The van der Waals surface area contributed by atoms with Gasteiger partial charge in [-0.3, -0.25) is 9.89 Å². The Morgan fingerprint density at radius 2 is 2.39 bits per heavy atom. The molecule has 0 aromatic carbocycles. The number of H-pyrrole nitrogens is 1. The van der Waals surface area contributed by atoms with E-state index in [2.05, 4.69) is 20.5 Å². The van der Waals surface area contributed by atoms with Crippen LogP contribution >= 0.6 is 11.8 Å². The molecule has 0 bridgehead atoms. The average Bonchev–Trinajstić information content (AvgIpc) is 3.04. The molecule has 100 valence electrons. The third-order valence-corrected chi connectivity index (χ3v) is 3.67. The Bertz CT molecular complexity index is 428. The number of aliphatic hydroxyl groups is 1. The zero-order valence-corrected chi connectivity index (χ0v) is 11.4. The summed E-state index contributed by atoms with van der Waals surface area (Å²) >= 11 is 1.53. The van der Waals surface area contributed by atoms with Crippen molar-refractivity contribution in [2.45, 2.75) is 31.3 Å². The predicted molar refractivity (Wildman–Crippen MR) is 69.7 cm³/mol. The zero-order valence-electron chi connectivity index (χ0n) is 10.6. The summed E-state index contributed by atoms with van der Waals surface area (Å²) in [5.41, 5.74) is -0.912. The number of rotatable bonds is 6. The standard InChI is InChI=1S/C11H18N4O2S/c1-11(17,6-18-2)5-12-10(16)9-13-8(14-15-9)7-3-4-7/h7,17H,3-6H2,1-2H3,(H,12,16)(H,13,14,15). The number of hydrogen-bond acceptors (Lipinski definition) is 5. The lowest BCUT2D eigenvalue weighted by molar-refractivity contribution is 0.0719. The fraction of sp³-hybridized carbons (Fsp3) is 0.727. The maximum Gasteiger partial charge on any atom is 0.291 e. The first-order chi connectivity index (χ1) is 8.52. The molecule has 1 aromatic rings. The number of amides is 1. The van der Waals surface area contributed by atoms with Crippen LogP contribution in [0.5, 0.6) is 0 Å². The first kappa shape index (κ1) is 13.4. The van der Waals surface area contributed by atoms with E-state index in [0.29, 0.717) is 11.7 Å². The topological polar surface area (TPSA) is 90.9 Å². The summed E-state index contributed by atoms with van der Waals surface area (Å²) in [5, 5.41) is 19.3. The van der Waals surface area contributed by atoms with Gasteiger partial charge in [0.05, 0.1) is 5.60 Å². The Balaban J connectivity index is 1.86. The summed E-state index contributed by atoms with van der Waals surface area (Å²) in [7, 11) is 0. The van der Waals surface area contributed by atoms with Crippen molar-refractivity contribution in [1.29, 1.82) is 0 Å². The van der Waals surface area contributed by atoms with Crippen molar-refractivity contribution in [2.24, 2.45) is 0 Å². The largest absolute Gasteiger partial charge is 0.387 e. The van der Waals surface area contributed by atoms with Gasteiger partial charge in [0.2, 0.25) is 5.82 Å². The lowest BCUT2D eigenvalue weighted by Gasteiger charge is -2.21. The van der Waals surface area contributed by atoms with Crippen LogP contribution in [0, 0.1) is 0 Å². The molecule has 0 radical (unpaired) electrons. The van der Waals surface area contributed by atoms with Gasteiger partial charge < -0.3 is 10.4 Å². The first-order valence-electron chi connectivity index (χ1n) is 5.93. The number of hydrogen-bond donors (Lipinski definition) is 3. The van der Waals surface area contributed by atoms with Crippen LogP contribution < -0.4 is 5.32 Å². The fourth-order valence-electron chi connectivity index (χ4n) is 1.63. The van der Waals surface area contributed by atoms with Crippen molar-refractivity contribution in [2.75, 3.05) is 18.6 Å². The summed E-state index contributed by atoms with van der Waals surface area (Å²) in [4.78, 5) is 15.9. The molecule has 0 aliphatic heterocycles. The summed E-state index contributed by atoms with van der Waals surface area (Å²) in [5.74, 6) is 1.60. The average molecular weight is 270 g/mol. The Labute approximate surface area is 110 Å². The van der Waals surface area contributed by atoms with Crippen molar-refractivity contribution in [3.8, 4) is 0 Å². The molecule has 1 aliphatic carbocycles. The van der Waals surface area contributed by atoms with Crippen molar-refractivity contribution >= 4 is 17.7 Å². The van der Waals surface area contributed by atoms with E-state index in [0.717, 1.165) is 18.7 Å². The normalized spacial score (nSPS) is 18.4. The second-order valence-corrected chi connectivity index (χ2v) is 5.80. The molecular weight excluding hydrogens is 252 g/mol. The molecule has 1 fully saturated rings. The highest BCUT2D eigenvalue weighted by atomic mass is 32.2. The van der Waals surface area contributed by atoms with Crippen LogP contribution in [0.15, 0.2) is 0 Å². The fourth-order valence-corrected chi connectivity index (χ4v) is 2.35. The summed E-state index contributed by atoms with van der Waals surface area (Å²) in [6.07, 6.45) is 4.13. The van der Waals surface area contributed by atoms with Crippen LogP contribution in [0.3, 0.4) is 0 Å². The molecule has 3 N–H and O–H groups in total. The molecule has 6 nitrogen and oxygen atoms in total. The highest BCUT2D eigenvalue weighted by Crippen LogP contribution is 2.37. The van der Waals surface area contributed by atoms with E-state index in [-0.39, 0.29) is 18.3 Å². The number of thioether (sulfide) groups is 1. The molecule has 18 heavy (non-hydrogen) atoms. The SMILES string of the molecule is CSCC(C)(O)CNC(=O)c1n[nH]c(C2CC2)n1. The third kappa shape index (κ3) is 3.46. The number of aromatic amines is 1. The molecule has 1 aliphatic rings. The van der Waals surface area contributed by atoms with Crippen LogP contribution in [0.1, 0.15) is 42.1 Å². The van der Waals surface area contributed by atoms with E-state index in [4.69, 9.17) is 0 Å². The predicted octanol–water partition coefficient (Wildman–Crippen LogP) is 0.526. The van der Waals surface area contributed by atoms with Gasteiger partial charge in [-0.2, -0.15) is 11.8 Å². The Kier molecular flexibility index (Phi) is 3.91. The second-order valence-electron chi connectivity index (χ2n) is 4.93. The minimum Gasteiger partial charge on any atom is -0.387 e. The van der Waals surface area contributed by atoms with Gasteiger partial charge in [-0.1, -0.05) is 0 Å². The second kappa shape index (κ2) is 5.27. The van der Waals surface area contributed by atoms with E-state index in [1.165, 1.54) is 11.8 Å². The summed E-state index contributed by atoms with van der Waals surface area (Å²) < 4.78 is 0. The molecule has 1 heterocycles. The van der Waals surface area contributed by atoms with Gasteiger partial charge in [-0.05, 0) is 26.0 Å². The van der Waals surface area contributed by atoms with E-state index >= 15 is 0 Å². The van der Waals surface area contributed by atoms with E-state index in [1.807, 2.05) is 6.26 Å². The van der Waals surface area contributed by atoms with Crippen molar-refractivity contribution in [1.82, 2.24) is 20.5 Å². The van der Waals surface area contributed by atoms with Crippen LogP contribution in [0.4, 0.5) is 0 Å². The lowest BCUT2D eigenvalue weighted by Crippen LogP contribution is -2.42. The molecular formula is C11H18N4O2S. The lowest BCUT2D eigenvalue weighted by atomic mass is 10.1. The smallest absolute Gasteiger partial charge is 0.291 e. The maximum atomic E-state index is 11.8. The zero-order chi connectivity index (χ0) is 13.2. The molecule has 0 saturated heterocycles. The Hall–Kier alpha value is -1.08. The quantitative estimate of drug-likeness (QED) is 0.701. The van der Waals surface area contributed by atoms with Crippen molar-refractivity contribution in [3.63, 3.8) is 0 Å². The molecule has 1 unspecified atom stereocenters. The van der Waals surface area contributed by atoms with E-state index in [9.17, 15) is 9.90 Å². The number of carbonyl (C=O) groups is 1. The van der Waals surface area contributed by atoms with Crippen molar-refractivity contribution in [3.05, 3.63) is 11.6 Å². The third-order valence-electron chi connectivity index (χ3n) is 2.75. The highest BCUT2D eigenvalue weighted by Gasteiger charge is 2.28. The van der Waals surface area contributed by atoms with E-state index < -0.39 is 5.60 Å². The van der Waals surface area contributed by atoms with E-state index in [1.54, 1.807) is 6.92 Å². The molecule has 0 spiro atoms. The van der Waals surface area contributed by atoms with Gasteiger partial charge in [0.1, 0.15) is 5.82 Å². The van der Waals surface area contributed by atoms with Crippen molar-refractivity contribution < 1.29 is 9.90 Å². The summed E-state index contributed by atoms with van der Waals surface area (Å²) in [6.45, 7) is 1.89. The van der Waals surface area contributed by atoms with Gasteiger partial charge in [0.15, 0.2) is 0 Å².